The molecule has 0 N–H and O–H groups in total. The lowest BCUT2D eigenvalue weighted by Gasteiger charge is -1.90. The third kappa shape index (κ3) is 1.01. The quantitative estimate of drug-likeness (QED) is 0.723. The highest BCUT2D eigenvalue weighted by atomic mass is 79.9. The third-order valence-electron chi connectivity index (χ3n) is 1.55. The molecular formula is C7H5BrN2OS. The maximum absolute atomic E-state index is 11.2. The van der Waals surface area contributed by atoms with Crippen molar-refractivity contribution in [3.05, 3.63) is 21.9 Å². The van der Waals surface area contributed by atoms with E-state index in [2.05, 4.69) is 20.9 Å². The van der Waals surface area contributed by atoms with Gasteiger partial charge in [0, 0.05) is 18.5 Å². The van der Waals surface area contributed by atoms with Crippen LogP contribution in [-0.2, 0) is 0 Å². The molecule has 62 valence electrons. The zero-order chi connectivity index (χ0) is 8.72. The minimum absolute atomic E-state index is 0.0211. The number of ketones is 1. The Morgan fingerprint density at radius 1 is 1.75 bits per heavy atom. The molecule has 0 fully saturated rings. The Morgan fingerprint density at radius 3 is 3.17 bits per heavy atom. The Hall–Kier alpha value is -0.680. The molecule has 0 aliphatic rings. The van der Waals surface area contributed by atoms with E-state index >= 15 is 0 Å². The second-order valence-electron chi connectivity index (χ2n) is 2.36. The van der Waals surface area contributed by atoms with E-state index in [0.717, 1.165) is 4.96 Å². The van der Waals surface area contributed by atoms with Gasteiger partial charge < -0.3 is 0 Å². The summed E-state index contributed by atoms with van der Waals surface area (Å²) >= 11 is 4.75. The normalized spacial score (nSPS) is 10.8. The summed E-state index contributed by atoms with van der Waals surface area (Å²) in [5, 5.41) is 1.90. The van der Waals surface area contributed by atoms with Gasteiger partial charge in [0.15, 0.2) is 10.7 Å². The predicted molar refractivity (Wildman–Crippen MR) is 50.8 cm³/mol. The van der Waals surface area contributed by atoms with Crippen LogP contribution in [0.3, 0.4) is 0 Å². The summed E-state index contributed by atoms with van der Waals surface area (Å²) < 4.78 is 2.42. The van der Waals surface area contributed by atoms with Crippen molar-refractivity contribution in [2.75, 3.05) is 0 Å². The van der Waals surface area contributed by atoms with Gasteiger partial charge in [0.05, 0.1) is 0 Å². The van der Waals surface area contributed by atoms with Crippen molar-refractivity contribution >= 4 is 38.0 Å². The minimum atomic E-state index is 0.0211. The third-order valence-corrected chi connectivity index (χ3v) is 2.86. The predicted octanol–water partition coefficient (Wildman–Crippen LogP) is 2.36. The standard InChI is InChI=1S/C7H5BrN2OS/c1-4(11)5-6(8)9-7-10(5)2-3-12-7/h2-3H,1H3. The average molecular weight is 245 g/mol. The van der Waals surface area contributed by atoms with Gasteiger partial charge in [-0.15, -0.1) is 11.3 Å². The van der Waals surface area contributed by atoms with E-state index in [1.807, 2.05) is 11.6 Å². The lowest BCUT2D eigenvalue weighted by Crippen LogP contribution is -1.96. The number of fused-ring (bicyclic) bond motifs is 1. The fourth-order valence-corrected chi connectivity index (χ4v) is 2.54. The zero-order valence-electron chi connectivity index (χ0n) is 6.24. The molecule has 0 atom stereocenters. The van der Waals surface area contributed by atoms with Gasteiger partial charge in [-0.1, -0.05) is 0 Å². The first-order valence-corrected chi connectivity index (χ1v) is 4.99. The van der Waals surface area contributed by atoms with Gasteiger partial charge in [0.2, 0.25) is 0 Å². The molecule has 2 rings (SSSR count). The van der Waals surface area contributed by atoms with E-state index in [4.69, 9.17) is 0 Å². The van der Waals surface area contributed by atoms with Gasteiger partial charge in [-0.05, 0) is 15.9 Å². The van der Waals surface area contributed by atoms with Crippen molar-refractivity contribution in [3.63, 3.8) is 0 Å². The first kappa shape index (κ1) is 7.94. The smallest absolute Gasteiger partial charge is 0.195 e. The highest BCUT2D eigenvalue weighted by Gasteiger charge is 2.13. The molecule has 0 aromatic carbocycles. The van der Waals surface area contributed by atoms with Crippen LogP contribution in [-0.4, -0.2) is 15.2 Å². The number of aromatic nitrogens is 2. The first-order valence-electron chi connectivity index (χ1n) is 3.32. The van der Waals surface area contributed by atoms with Crippen LogP contribution in [0.1, 0.15) is 17.4 Å². The fourth-order valence-electron chi connectivity index (χ4n) is 1.07. The molecule has 2 aromatic rings. The van der Waals surface area contributed by atoms with Crippen LogP contribution < -0.4 is 0 Å². The van der Waals surface area contributed by atoms with E-state index in [9.17, 15) is 4.79 Å². The van der Waals surface area contributed by atoms with Crippen molar-refractivity contribution < 1.29 is 4.79 Å². The Morgan fingerprint density at radius 2 is 2.50 bits per heavy atom. The largest absolute Gasteiger partial charge is 0.293 e. The van der Waals surface area contributed by atoms with Gasteiger partial charge in [-0.2, -0.15) is 0 Å². The zero-order valence-corrected chi connectivity index (χ0v) is 8.65. The second kappa shape index (κ2) is 2.67. The molecule has 5 heteroatoms. The molecule has 0 aliphatic carbocycles. The number of rotatable bonds is 1. The number of nitrogens with zero attached hydrogens (tertiary/aromatic N) is 2. The molecule has 0 radical (unpaired) electrons. The summed E-state index contributed by atoms with van der Waals surface area (Å²) in [5.41, 5.74) is 0.617. The second-order valence-corrected chi connectivity index (χ2v) is 3.99. The molecular weight excluding hydrogens is 240 g/mol. The van der Waals surface area contributed by atoms with E-state index < -0.39 is 0 Å². The summed E-state index contributed by atoms with van der Waals surface area (Å²) in [5.74, 6) is 0.0211. The van der Waals surface area contributed by atoms with E-state index in [0.29, 0.717) is 10.3 Å². The number of carbonyl (C=O) groups excluding carboxylic acids is 1. The van der Waals surface area contributed by atoms with Crippen LogP contribution in [0.5, 0.6) is 0 Å². The Balaban J connectivity index is 2.84. The van der Waals surface area contributed by atoms with Crippen LogP contribution in [0, 0.1) is 0 Å². The van der Waals surface area contributed by atoms with Gasteiger partial charge >= 0.3 is 0 Å². The number of hydrogen-bond acceptors (Lipinski definition) is 3. The summed E-state index contributed by atoms with van der Waals surface area (Å²) in [6.07, 6.45) is 1.84. The molecule has 12 heavy (non-hydrogen) atoms. The topological polar surface area (TPSA) is 34.4 Å². The number of imidazole rings is 1. The summed E-state index contributed by atoms with van der Waals surface area (Å²) in [6, 6.07) is 0. The molecule has 0 aliphatic heterocycles. The molecule has 0 spiro atoms. The van der Waals surface area contributed by atoms with Crippen molar-refractivity contribution in [1.82, 2.24) is 9.38 Å². The maximum atomic E-state index is 11.2. The Labute approximate surface area is 81.2 Å². The number of carbonyl (C=O) groups is 1. The number of thiazole rings is 1. The monoisotopic (exact) mass is 244 g/mol. The van der Waals surface area contributed by atoms with Crippen molar-refractivity contribution in [2.45, 2.75) is 6.92 Å². The maximum Gasteiger partial charge on any atom is 0.195 e. The summed E-state index contributed by atoms with van der Waals surface area (Å²) in [4.78, 5) is 16.2. The lowest BCUT2D eigenvalue weighted by atomic mass is 10.3. The summed E-state index contributed by atoms with van der Waals surface area (Å²) in [6.45, 7) is 1.53. The Bertz CT molecular complexity index is 445. The van der Waals surface area contributed by atoms with Gasteiger partial charge in [-0.25, -0.2) is 4.98 Å². The SMILES string of the molecule is CC(=O)c1c(Br)nc2sccn12. The molecule has 2 heterocycles. The van der Waals surface area contributed by atoms with Crippen molar-refractivity contribution in [2.24, 2.45) is 0 Å². The highest BCUT2D eigenvalue weighted by Crippen LogP contribution is 2.21. The van der Waals surface area contributed by atoms with Crippen molar-refractivity contribution in [3.8, 4) is 0 Å². The van der Waals surface area contributed by atoms with E-state index in [-0.39, 0.29) is 5.78 Å². The molecule has 0 bridgehead atoms. The van der Waals surface area contributed by atoms with Gasteiger partial charge in [-0.3, -0.25) is 9.20 Å². The lowest BCUT2D eigenvalue weighted by molar-refractivity contribution is 0.101. The molecule has 0 saturated carbocycles. The van der Waals surface area contributed by atoms with Gasteiger partial charge in [0.1, 0.15) is 10.3 Å². The van der Waals surface area contributed by atoms with Gasteiger partial charge in [0.25, 0.3) is 0 Å². The number of hydrogen-bond donors (Lipinski definition) is 0. The summed E-state index contributed by atoms with van der Waals surface area (Å²) in [7, 11) is 0. The highest BCUT2D eigenvalue weighted by molar-refractivity contribution is 9.10. The molecule has 0 unspecified atom stereocenters. The van der Waals surface area contributed by atoms with Crippen LogP contribution >= 0.6 is 27.3 Å². The van der Waals surface area contributed by atoms with Crippen LogP contribution in [0.2, 0.25) is 0 Å². The fraction of sp³-hybridized carbons (Fsp3) is 0.143. The molecule has 0 amide bonds. The molecule has 3 nitrogen and oxygen atoms in total. The van der Waals surface area contributed by atoms with E-state index in [1.165, 1.54) is 18.3 Å². The molecule has 0 saturated heterocycles. The van der Waals surface area contributed by atoms with Crippen molar-refractivity contribution in [1.29, 1.82) is 0 Å². The van der Waals surface area contributed by atoms with Crippen LogP contribution in [0.4, 0.5) is 0 Å². The Kier molecular flexibility index (Phi) is 1.77. The van der Waals surface area contributed by atoms with Crippen LogP contribution in [0.15, 0.2) is 16.2 Å². The first-order chi connectivity index (χ1) is 5.70. The minimum Gasteiger partial charge on any atom is -0.293 e. The van der Waals surface area contributed by atoms with E-state index in [1.54, 1.807) is 4.40 Å². The number of halogens is 1. The molecule has 2 aromatic heterocycles. The van der Waals surface area contributed by atoms with Crippen LogP contribution in [0.25, 0.3) is 4.96 Å². The number of Topliss-reactive ketones (excluding diaryl/α,β-unsaturated/α-hetero) is 1. The average Bonchev–Trinajstić information content (AvgIpc) is 2.44.